The lowest BCUT2D eigenvalue weighted by Crippen LogP contribution is -2.29. The molecule has 194 valence electrons. The van der Waals surface area contributed by atoms with Gasteiger partial charge < -0.3 is 29.0 Å². The monoisotopic (exact) mass is 526 g/mol. The Bertz CT molecular complexity index is 1480. The molecule has 4 aromatic rings. The lowest BCUT2D eigenvalue weighted by molar-refractivity contribution is 0.174. The van der Waals surface area contributed by atoms with Crippen molar-refractivity contribution in [2.75, 3.05) is 11.7 Å². The molecule has 0 saturated carbocycles. The third kappa shape index (κ3) is 4.24. The van der Waals surface area contributed by atoms with Crippen LogP contribution >= 0.6 is 12.2 Å². The van der Waals surface area contributed by atoms with Gasteiger partial charge in [-0.25, -0.2) is 0 Å². The molecule has 0 amide bonds. The van der Waals surface area contributed by atoms with Crippen LogP contribution in [0.5, 0.6) is 17.2 Å². The average molecular weight is 527 g/mol. The zero-order valence-electron chi connectivity index (χ0n) is 21.8. The van der Waals surface area contributed by atoms with Gasteiger partial charge in [-0.15, -0.1) is 0 Å². The fraction of sp³-hybridized carbons (Fsp3) is 0.267. The third-order valence-corrected chi connectivity index (χ3v) is 7.30. The number of rotatable bonds is 6. The van der Waals surface area contributed by atoms with E-state index in [9.17, 15) is 0 Å². The van der Waals surface area contributed by atoms with E-state index in [2.05, 4.69) is 52.9 Å². The molecule has 6 rings (SSSR count). The number of aryl methyl sites for hydroxylation is 1. The number of pyridine rings is 1. The Hall–Kier alpha value is -4.04. The van der Waals surface area contributed by atoms with Crippen molar-refractivity contribution in [1.82, 2.24) is 14.9 Å². The highest BCUT2D eigenvalue weighted by atomic mass is 32.1. The van der Waals surface area contributed by atoms with Crippen molar-refractivity contribution in [2.24, 2.45) is 0 Å². The molecule has 0 bridgehead atoms. The van der Waals surface area contributed by atoms with E-state index in [0.29, 0.717) is 5.11 Å². The quantitative estimate of drug-likeness (QED) is 0.301. The van der Waals surface area contributed by atoms with Gasteiger partial charge in [-0.2, -0.15) is 0 Å². The number of nitrogens with zero attached hydrogens (tertiary/aromatic N) is 3. The summed E-state index contributed by atoms with van der Waals surface area (Å²) in [7, 11) is 0. The summed E-state index contributed by atoms with van der Waals surface area (Å²) in [5.41, 5.74) is 6.38. The largest absolute Gasteiger partial charge is 0.491 e. The minimum Gasteiger partial charge on any atom is -0.491 e. The van der Waals surface area contributed by atoms with Crippen molar-refractivity contribution >= 4 is 23.0 Å². The summed E-state index contributed by atoms with van der Waals surface area (Å²) in [6.45, 7) is 8.58. The van der Waals surface area contributed by atoms with Crippen LogP contribution in [-0.2, 0) is 0 Å². The van der Waals surface area contributed by atoms with Gasteiger partial charge in [-0.1, -0.05) is 6.07 Å². The van der Waals surface area contributed by atoms with Crippen LogP contribution in [0.3, 0.4) is 0 Å². The van der Waals surface area contributed by atoms with Gasteiger partial charge >= 0.3 is 0 Å². The highest BCUT2D eigenvalue weighted by Gasteiger charge is 2.42. The van der Waals surface area contributed by atoms with Crippen molar-refractivity contribution in [3.05, 3.63) is 95.6 Å². The van der Waals surface area contributed by atoms with Gasteiger partial charge in [0.15, 0.2) is 16.6 Å². The van der Waals surface area contributed by atoms with Crippen LogP contribution < -0.4 is 24.4 Å². The molecular weight excluding hydrogens is 496 g/mol. The van der Waals surface area contributed by atoms with Crippen LogP contribution in [0, 0.1) is 13.8 Å². The Morgan fingerprint density at radius 1 is 0.974 bits per heavy atom. The minimum absolute atomic E-state index is 0.108. The maximum Gasteiger partial charge on any atom is 0.231 e. The molecule has 2 aromatic carbocycles. The van der Waals surface area contributed by atoms with Crippen LogP contribution in [-0.4, -0.2) is 27.6 Å². The van der Waals surface area contributed by atoms with E-state index in [0.717, 1.165) is 45.7 Å². The predicted octanol–water partition coefficient (Wildman–Crippen LogP) is 6.18. The molecule has 2 aromatic heterocycles. The smallest absolute Gasteiger partial charge is 0.231 e. The molecule has 2 aliphatic heterocycles. The zero-order chi connectivity index (χ0) is 26.4. The fourth-order valence-electron chi connectivity index (χ4n) is 5.42. The van der Waals surface area contributed by atoms with Crippen molar-refractivity contribution < 1.29 is 14.2 Å². The number of hydrogen-bond donors (Lipinski definition) is 1. The third-order valence-electron chi connectivity index (χ3n) is 6.99. The van der Waals surface area contributed by atoms with Gasteiger partial charge in [-0.3, -0.25) is 4.98 Å². The van der Waals surface area contributed by atoms with Gasteiger partial charge in [0.25, 0.3) is 0 Å². The summed E-state index contributed by atoms with van der Waals surface area (Å²) in [5, 5.41) is 4.22. The normalized spacial score (nSPS) is 18.2. The Kier molecular flexibility index (Phi) is 6.19. The Labute approximate surface area is 228 Å². The minimum atomic E-state index is -0.124. The highest BCUT2D eigenvalue weighted by molar-refractivity contribution is 7.80. The molecule has 0 spiro atoms. The molecule has 7 nitrogen and oxygen atoms in total. The van der Waals surface area contributed by atoms with Crippen LogP contribution in [0.4, 0.5) is 5.69 Å². The van der Waals surface area contributed by atoms with E-state index < -0.39 is 0 Å². The summed E-state index contributed by atoms with van der Waals surface area (Å²) in [4.78, 5) is 6.89. The second-order valence-corrected chi connectivity index (χ2v) is 10.2. The van der Waals surface area contributed by atoms with Gasteiger partial charge in [0, 0.05) is 35.0 Å². The summed E-state index contributed by atoms with van der Waals surface area (Å²) >= 11 is 5.93. The van der Waals surface area contributed by atoms with Crippen LogP contribution in [0.2, 0.25) is 0 Å². The predicted molar refractivity (Wildman–Crippen MR) is 152 cm³/mol. The first kappa shape index (κ1) is 24.3. The van der Waals surface area contributed by atoms with Crippen molar-refractivity contribution in [3.8, 4) is 22.9 Å². The Morgan fingerprint density at radius 3 is 2.47 bits per heavy atom. The fourth-order valence-corrected chi connectivity index (χ4v) is 5.76. The number of ether oxygens (including phenoxy) is 3. The second kappa shape index (κ2) is 9.68. The molecule has 0 radical (unpaired) electrons. The Morgan fingerprint density at radius 2 is 1.74 bits per heavy atom. The summed E-state index contributed by atoms with van der Waals surface area (Å²) in [6.07, 6.45) is 1.94. The van der Waals surface area contributed by atoms with Gasteiger partial charge in [-0.05, 0) is 100 Å². The number of thiocarbonyl (C=S) groups is 1. The summed E-state index contributed by atoms with van der Waals surface area (Å²) in [6, 6.07) is 22.2. The van der Waals surface area contributed by atoms with E-state index in [1.165, 1.54) is 5.56 Å². The topological polar surface area (TPSA) is 60.8 Å². The van der Waals surface area contributed by atoms with Crippen molar-refractivity contribution in [3.63, 3.8) is 0 Å². The molecule has 0 aliphatic carbocycles. The molecule has 4 heterocycles. The summed E-state index contributed by atoms with van der Waals surface area (Å²) in [5.74, 6) is 2.37. The van der Waals surface area contributed by atoms with E-state index >= 15 is 0 Å². The SMILES string of the molecule is Cc1cc([C@H]2[C@@H](c3ccccn3)NC(=S)N2c2ccc(OC(C)C)cc2)c(C)n1-c1ccc2c(c1)OCO2. The summed E-state index contributed by atoms with van der Waals surface area (Å²) < 4.78 is 19.3. The maximum atomic E-state index is 5.93. The van der Waals surface area contributed by atoms with Gasteiger partial charge in [0.1, 0.15) is 5.75 Å². The van der Waals surface area contributed by atoms with Gasteiger partial charge in [0.2, 0.25) is 6.79 Å². The molecule has 1 fully saturated rings. The second-order valence-electron chi connectivity index (χ2n) is 9.86. The lowest BCUT2D eigenvalue weighted by Gasteiger charge is -2.28. The first-order valence-corrected chi connectivity index (χ1v) is 13.2. The van der Waals surface area contributed by atoms with E-state index in [4.69, 9.17) is 31.4 Å². The number of hydrogen-bond acceptors (Lipinski definition) is 5. The van der Waals surface area contributed by atoms with Crippen molar-refractivity contribution in [2.45, 2.75) is 45.9 Å². The van der Waals surface area contributed by atoms with E-state index in [-0.39, 0.29) is 25.0 Å². The first-order valence-electron chi connectivity index (χ1n) is 12.8. The lowest BCUT2D eigenvalue weighted by atomic mass is 9.96. The number of aromatic nitrogens is 2. The van der Waals surface area contributed by atoms with Crippen LogP contribution in [0.15, 0.2) is 72.9 Å². The van der Waals surface area contributed by atoms with Crippen LogP contribution in [0.25, 0.3) is 5.69 Å². The number of nitrogens with one attached hydrogen (secondary N) is 1. The average Bonchev–Trinajstić information content (AvgIpc) is 3.59. The zero-order valence-corrected chi connectivity index (χ0v) is 22.7. The molecule has 2 aliphatic rings. The number of fused-ring (bicyclic) bond motifs is 1. The first-order chi connectivity index (χ1) is 18.4. The molecule has 8 heteroatoms. The molecule has 1 N–H and O–H groups in total. The molecular formula is C30H30N4O3S. The molecule has 2 atom stereocenters. The molecule has 38 heavy (non-hydrogen) atoms. The molecule has 1 saturated heterocycles. The van der Waals surface area contributed by atoms with Crippen LogP contribution in [0.1, 0.15) is 48.6 Å². The van der Waals surface area contributed by atoms with E-state index in [1.807, 2.05) is 62.5 Å². The van der Waals surface area contributed by atoms with Gasteiger partial charge in [0.05, 0.1) is 23.9 Å². The highest BCUT2D eigenvalue weighted by Crippen LogP contribution is 2.44. The number of anilines is 1. The molecule has 0 unspecified atom stereocenters. The maximum absolute atomic E-state index is 5.93. The standard InChI is InChI=1S/C30H30N4O3S/c1-18(2)37-23-11-8-21(9-12-23)34-29(28(32-30(34)38)25-7-5-6-14-31-25)24-15-19(3)33(20(24)4)22-10-13-26-27(16-22)36-17-35-26/h5-16,18,28-29H,17H2,1-4H3,(H,32,38)/t28-,29+/m1/s1. The Balaban J connectivity index is 1.45. The van der Waals surface area contributed by atoms with Crippen molar-refractivity contribution in [1.29, 1.82) is 0 Å². The van der Waals surface area contributed by atoms with E-state index in [1.54, 1.807) is 0 Å². The number of benzene rings is 2.